The number of aromatic nitrogens is 2. The van der Waals surface area contributed by atoms with Gasteiger partial charge < -0.3 is 4.74 Å². The van der Waals surface area contributed by atoms with Crippen LogP contribution in [-0.4, -0.2) is 27.5 Å². The van der Waals surface area contributed by atoms with Crippen molar-refractivity contribution in [3.05, 3.63) is 70.8 Å². The molecular weight excluding hydrogens is 368 g/mol. The Labute approximate surface area is 169 Å². The molecule has 0 radical (unpaired) electrons. The molecule has 0 spiro atoms. The largest absolute Gasteiger partial charge is 0.375 e. The van der Waals surface area contributed by atoms with Gasteiger partial charge in [0.05, 0.1) is 16.5 Å². The number of thioether (sulfide) groups is 1. The van der Waals surface area contributed by atoms with Gasteiger partial charge in [-0.1, -0.05) is 30.3 Å². The first kappa shape index (κ1) is 19.2. The van der Waals surface area contributed by atoms with Crippen LogP contribution in [0.3, 0.4) is 0 Å². The van der Waals surface area contributed by atoms with Crippen molar-refractivity contribution in [2.75, 3.05) is 12.4 Å². The van der Waals surface area contributed by atoms with Gasteiger partial charge in [0.2, 0.25) is 0 Å². The number of hydrogen-bond donors (Lipinski definition) is 0. The average molecular weight is 395 g/mol. The van der Waals surface area contributed by atoms with Crippen LogP contribution >= 0.6 is 11.8 Å². The van der Waals surface area contributed by atoms with E-state index in [1.165, 1.54) is 4.90 Å². The third-order valence-corrected chi connectivity index (χ3v) is 6.27. The van der Waals surface area contributed by atoms with E-state index in [1.54, 1.807) is 11.8 Å². The second-order valence-electron chi connectivity index (χ2n) is 7.89. The summed E-state index contributed by atoms with van der Waals surface area (Å²) in [6.45, 7) is 4.88. The quantitative estimate of drug-likeness (QED) is 0.580. The smallest absolute Gasteiger partial charge is 0.261 e. The molecule has 0 saturated carbocycles. The highest BCUT2D eigenvalue weighted by Crippen LogP contribution is 2.32. The van der Waals surface area contributed by atoms with Crippen LogP contribution in [0.5, 0.6) is 0 Å². The zero-order chi connectivity index (χ0) is 19.6. The van der Waals surface area contributed by atoms with Gasteiger partial charge in [0.15, 0.2) is 0 Å². The summed E-state index contributed by atoms with van der Waals surface area (Å²) in [7, 11) is 0. The van der Waals surface area contributed by atoms with E-state index in [0.717, 1.165) is 36.4 Å². The maximum Gasteiger partial charge on any atom is 0.261 e. The van der Waals surface area contributed by atoms with E-state index in [0.29, 0.717) is 12.0 Å². The SMILES string of the molecule is CC1(C)CC(n2c(CCSc3ccccc3)nc3ccccc3c2=O)CCO1. The molecule has 1 aliphatic rings. The maximum atomic E-state index is 13.4. The molecule has 1 aliphatic heterocycles. The van der Waals surface area contributed by atoms with Crippen LogP contribution in [0.2, 0.25) is 0 Å². The van der Waals surface area contributed by atoms with Crippen LogP contribution in [-0.2, 0) is 11.2 Å². The summed E-state index contributed by atoms with van der Waals surface area (Å²) in [5, 5.41) is 0.700. The Balaban J connectivity index is 1.68. The molecule has 4 nitrogen and oxygen atoms in total. The van der Waals surface area contributed by atoms with Gasteiger partial charge in [-0.25, -0.2) is 4.98 Å². The van der Waals surface area contributed by atoms with Gasteiger partial charge in [-0.05, 0) is 51.0 Å². The number of benzene rings is 2. The highest BCUT2D eigenvalue weighted by Gasteiger charge is 2.31. The third kappa shape index (κ3) is 4.15. The number of nitrogens with zero attached hydrogens (tertiary/aromatic N) is 2. The number of para-hydroxylation sites is 1. The van der Waals surface area contributed by atoms with Gasteiger partial charge in [-0.15, -0.1) is 11.8 Å². The number of hydrogen-bond acceptors (Lipinski definition) is 4. The molecule has 1 saturated heterocycles. The van der Waals surface area contributed by atoms with Crippen molar-refractivity contribution in [3.8, 4) is 0 Å². The lowest BCUT2D eigenvalue weighted by atomic mass is 9.93. The lowest BCUT2D eigenvalue weighted by Gasteiger charge is -2.37. The molecule has 0 N–H and O–H groups in total. The molecular formula is C23H26N2O2S. The van der Waals surface area contributed by atoms with Crippen molar-refractivity contribution < 1.29 is 4.74 Å². The number of aryl methyl sites for hydroxylation is 1. The Morgan fingerprint density at radius 3 is 2.68 bits per heavy atom. The molecule has 1 fully saturated rings. The molecule has 2 heterocycles. The van der Waals surface area contributed by atoms with Crippen LogP contribution in [0, 0.1) is 0 Å². The van der Waals surface area contributed by atoms with Crippen LogP contribution in [0.4, 0.5) is 0 Å². The number of rotatable bonds is 5. The number of fused-ring (bicyclic) bond motifs is 1. The molecule has 1 aromatic heterocycles. The first-order valence-corrected chi connectivity index (χ1v) is 10.8. The van der Waals surface area contributed by atoms with Crippen molar-refractivity contribution in [2.45, 2.75) is 49.6 Å². The molecule has 2 aromatic carbocycles. The van der Waals surface area contributed by atoms with Crippen LogP contribution in [0.15, 0.2) is 64.3 Å². The summed E-state index contributed by atoms with van der Waals surface area (Å²) in [4.78, 5) is 19.5. The van der Waals surface area contributed by atoms with Gasteiger partial charge in [0, 0.05) is 29.7 Å². The Morgan fingerprint density at radius 2 is 1.89 bits per heavy atom. The molecule has 146 valence electrons. The van der Waals surface area contributed by atoms with E-state index in [9.17, 15) is 4.79 Å². The van der Waals surface area contributed by atoms with Crippen molar-refractivity contribution >= 4 is 22.7 Å². The van der Waals surface area contributed by atoms with Crippen LogP contribution in [0.1, 0.15) is 38.6 Å². The zero-order valence-electron chi connectivity index (χ0n) is 16.4. The second kappa shape index (κ2) is 8.10. The van der Waals surface area contributed by atoms with Gasteiger partial charge in [0.1, 0.15) is 5.82 Å². The summed E-state index contributed by atoms with van der Waals surface area (Å²) >= 11 is 1.80. The van der Waals surface area contributed by atoms with Crippen molar-refractivity contribution in [1.82, 2.24) is 9.55 Å². The van der Waals surface area contributed by atoms with Gasteiger partial charge in [-0.2, -0.15) is 0 Å². The van der Waals surface area contributed by atoms with E-state index >= 15 is 0 Å². The van der Waals surface area contributed by atoms with E-state index < -0.39 is 0 Å². The monoisotopic (exact) mass is 394 g/mol. The summed E-state index contributed by atoms with van der Waals surface area (Å²) in [5.74, 6) is 1.77. The molecule has 28 heavy (non-hydrogen) atoms. The Hall–Kier alpha value is -2.11. The fraction of sp³-hybridized carbons (Fsp3) is 0.391. The predicted molar refractivity (Wildman–Crippen MR) is 115 cm³/mol. The van der Waals surface area contributed by atoms with E-state index in [1.807, 2.05) is 34.9 Å². The Morgan fingerprint density at radius 1 is 1.14 bits per heavy atom. The van der Waals surface area contributed by atoms with Gasteiger partial charge in [-0.3, -0.25) is 9.36 Å². The minimum absolute atomic E-state index is 0.0769. The molecule has 0 bridgehead atoms. The molecule has 1 unspecified atom stereocenters. The molecule has 5 heteroatoms. The topological polar surface area (TPSA) is 44.1 Å². The highest BCUT2D eigenvalue weighted by atomic mass is 32.2. The minimum atomic E-state index is -0.218. The average Bonchev–Trinajstić information content (AvgIpc) is 2.68. The summed E-state index contributed by atoms with van der Waals surface area (Å²) in [6.07, 6.45) is 2.44. The zero-order valence-corrected chi connectivity index (χ0v) is 17.2. The fourth-order valence-corrected chi connectivity index (χ4v) is 4.81. The third-order valence-electron chi connectivity index (χ3n) is 5.25. The van der Waals surface area contributed by atoms with E-state index in [2.05, 4.69) is 38.1 Å². The summed E-state index contributed by atoms with van der Waals surface area (Å²) in [6, 6.07) is 18.2. The van der Waals surface area contributed by atoms with E-state index in [-0.39, 0.29) is 17.2 Å². The molecule has 0 aliphatic carbocycles. The molecule has 0 amide bonds. The lowest BCUT2D eigenvalue weighted by Crippen LogP contribution is -2.39. The van der Waals surface area contributed by atoms with E-state index in [4.69, 9.17) is 9.72 Å². The summed E-state index contributed by atoms with van der Waals surface area (Å²) < 4.78 is 7.84. The first-order chi connectivity index (χ1) is 13.5. The first-order valence-electron chi connectivity index (χ1n) is 9.85. The molecule has 1 atom stereocenters. The normalized spacial score (nSPS) is 19.0. The van der Waals surface area contributed by atoms with Crippen molar-refractivity contribution in [2.24, 2.45) is 0 Å². The van der Waals surface area contributed by atoms with Gasteiger partial charge >= 0.3 is 0 Å². The maximum absolute atomic E-state index is 13.4. The highest BCUT2D eigenvalue weighted by molar-refractivity contribution is 7.99. The van der Waals surface area contributed by atoms with Crippen molar-refractivity contribution in [3.63, 3.8) is 0 Å². The Bertz CT molecular complexity index is 1010. The predicted octanol–water partition coefficient (Wildman–Crippen LogP) is 4.86. The lowest BCUT2D eigenvalue weighted by molar-refractivity contribution is -0.0699. The summed E-state index contributed by atoms with van der Waals surface area (Å²) in [5.41, 5.74) is 0.646. The molecule has 3 aromatic rings. The van der Waals surface area contributed by atoms with Gasteiger partial charge in [0.25, 0.3) is 5.56 Å². The second-order valence-corrected chi connectivity index (χ2v) is 9.05. The minimum Gasteiger partial charge on any atom is -0.375 e. The van der Waals surface area contributed by atoms with Crippen molar-refractivity contribution in [1.29, 1.82) is 0 Å². The fourth-order valence-electron chi connectivity index (χ4n) is 3.94. The van der Waals surface area contributed by atoms with Crippen LogP contribution < -0.4 is 5.56 Å². The Kier molecular flexibility index (Phi) is 5.56. The standard InChI is InChI=1S/C23H26N2O2S/c1-23(2)16-17(12-14-27-23)25-21(13-15-28-18-8-4-3-5-9-18)24-20-11-7-6-10-19(20)22(25)26/h3-11,17H,12-16H2,1-2H3. The molecule has 4 rings (SSSR count). The number of ether oxygens (including phenoxy) is 1. The van der Waals surface area contributed by atoms with Crippen LogP contribution in [0.25, 0.3) is 10.9 Å².